The van der Waals surface area contributed by atoms with Crippen molar-refractivity contribution < 1.29 is 14.9 Å². The van der Waals surface area contributed by atoms with Gasteiger partial charge in [0.2, 0.25) is 0 Å². The number of methoxy groups -OCH3 is 1. The lowest BCUT2D eigenvalue weighted by Crippen LogP contribution is -2.60. The normalized spacial score (nSPS) is 18.3. The molecular formula is C11H15NO3. The highest BCUT2D eigenvalue weighted by Gasteiger charge is 2.34. The Morgan fingerprint density at radius 1 is 1.47 bits per heavy atom. The third-order valence-corrected chi connectivity index (χ3v) is 2.69. The fourth-order valence-electron chi connectivity index (χ4n) is 1.75. The first-order chi connectivity index (χ1) is 7.13. The van der Waals surface area contributed by atoms with Gasteiger partial charge in [0.1, 0.15) is 0 Å². The second-order valence-corrected chi connectivity index (χ2v) is 4.01. The molecule has 0 saturated carbocycles. The molecular weight excluding hydrogens is 194 g/mol. The predicted octanol–water partition coefficient (Wildman–Crippen LogP) is 0.278. The molecule has 1 aromatic rings. The predicted molar refractivity (Wildman–Crippen MR) is 56.2 cm³/mol. The van der Waals surface area contributed by atoms with Gasteiger partial charge in [0.15, 0.2) is 11.5 Å². The van der Waals surface area contributed by atoms with E-state index in [-0.39, 0.29) is 5.75 Å². The molecule has 0 aromatic heterocycles. The van der Waals surface area contributed by atoms with Gasteiger partial charge >= 0.3 is 0 Å². The first kappa shape index (κ1) is 10.3. The minimum absolute atomic E-state index is 0.125. The quantitative estimate of drug-likeness (QED) is 0.669. The summed E-state index contributed by atoms with van der Waals surface area (Å²) in [5.41, 5.74) is 0.329. The van der Waals surface area contributed by atoms with Gasteiger partial charge in [-0.3, -0.25) is 0 Å². The molecule has 1 aromatic carbocycles. The van der Waals surface area contributed by atoms with Crippen molar-refractivity contribution in [1.82, 2.24) is 5.32 Å². The van der Waals surface area contributed by atoms with Crippen molar-refractivity contribution in [2.45, 2.75) is 12.0 Å². The van der Waals surface area contributed by atoms with Crippen LogP contribution in [0.3, 0.4) is 0 Å². The van der Waals surface area contributed by atoms with E-state index in [0.717, 1.165) is 5.56 Å². The Morgan fingerprint density at radius 3 is 2.73 bits per heavy atom. The number of phenolic OH excluding ortho intramolecular Hbond substituents is 1. The van der Waals surface area contributed by atoms with Crippen LogP contribution in [0.25, 0.3) is 0 Å². The van der Waals surface area contributed by atoms with Crippen LogP contribution in [-0.2, 0) is 6.42 Å². The van der Waals surface area contributed by atoms with E-state index < -0.39 is 5.60 Å². The summed E-state index contributed by atoms with van der Waals surface area (Å²) in [6, 6.07) is 5.14. The Bertz CT molecular complexity index is 361. The van der Waals surface area contributed by atoms with E-state index in [1.54, 1.807) is 18.2 Å². The van der Waals surface area contributed by atoms with E-state index >= 15 is 0 Å². The maximum Gasteiger partial charge on any atom is 0.160 e. The molecule has 1 saturated heterocycles. The van der Waals surface area contributed by atoms with E-state index in [9.17, 15) is 10.2 Å². The van der Waals surface area contributed by atoms with E-state index in [0.29, 0.717) is 25.3 Å². The summed E-state index contributed by atoms with van der Waals surface area (Å²) in [5, 5.41) is 22.4. The molecule has 82 valence electrons. The highest BCUT2D eigenvalue weighted by Crippen LogP contribution is 2.28. The van der Waals surface area contributed by atoms with Crippen LogP contribution >= 0.6 is 0 Å². The maximum atomic E-state index is 9.93. The lowest BCUT2D eigenvalue weighted by molar-refractivity contribution is -0.00905. The van der Waals surface area contributed by atoms with Crippen LogP contribution in [0.4, 0.5) is 0 Å². The third kappa shape index (κ3) is 2.06. The lowest BCUT2D eigenvalue weighted by Gasteiger charge is -2.37. The highest BCUT2D eigenvalue weighted by molar-refractivity contribution is 5.42. The molecule has 1 fully saturated rings. The molecule has 0 atom stereocenters. The van der Waals surface area contributed by atoms with Gasteiger partial charge in [-0.05, 0) is 17.7 Å². The average Bonchev–Trinajstić information content (AvgIpc) is 2.18. The first-order valence-electron chi connectivity index (χ1n) is 4.92. The van der Waals surface area contributed by atoms with Crippen molar-refractivity contribution in [3.8, 4) is 11.5 Å². The number of aromatic hydroxyl groups is 1. The van der Waals surface area contributed by atoms with Crippen LogP contribution < -0.4 is 10.1 Å². The number of β-amino-alcohol motifs (C(OH)–C–C–N with tert-alkyl or cyclic N) is 1. The average molecular weight is 209 g/mol. The fourth-order valence-corrected chi connectivity index (χ4v) is 1.75. The minimum Gasteiger partial charge on any atom is -0.504 e. The van der Waals surface area contributed by atoms with Crippen molar-refractivity contribution in [2.75, 3.05) is 20.2 Å². The molecule has 0 aliphatic carbocycles. The molecule has 0 spiro atoms. The number of benzene rings is 1. The second-order valence-electron chi connectivity index (χ2n) is 4.01. The van der Waals surface area contributed by atoms with Crippen LogP contribution in [0, 0.1) is 0 Å². The van der Waals surface area contributed by atoms with Gasteiger partial charge in [0.25, 0.3) is 0 Å². The van der Waals surface area contributed by atoms with E-state index in [1.165, 1.54) is 7.11 Å². The smallest absolute Gasteiger partial charge is 0.160 e. The van der Waals surface area contributed by atoms with Crippen LogP contribution in [-0.4, -0.2) is 36.0 Å². The third-order valence-electron chi connectivity index (χ3n) is 2.69. The first-order valence-corrected chi connectivity index (χ1v) is 4.92. The molecule has 0 unspecified atom stereocenters. The monoisotopic (exact) mass is 209 g/mol. The fraction of sp³-hybridized carbons (Fsp3) is 0.455. The van der Waals surface area contributed by atoms with Crippen molar-refractivity contribution in [3.63, 3.8) is 0 Å². The van der Waals surface area contributed by atoms with Gasteiger partial charge in [-0.2, -0.15) is 0 Å². The zero-order valence-electron chi connectivity index (χ0n) is 8.66. The summed E-state index contributed by atoms with van der Waals surface area (Å²) < 4.78 is 5.00. The molecule has 0 radical (unpaired) electrons. The molecule has 1 aliphatic rings. The van der Waals surface area contributed by atoms with Crippen LogP contribution in [0.1, 0.15) is 5.56 Å². The van der Waals surface area contributed by atoms with Crippen molar-refractivity contribution in [2.24, 2.45) is 0 Å². The molecule has 0 bridgehead atoms. The Labute approximate surface area is 88.5 Å². The van der Waals surface area contributed by atoms with Crippen LogP contribution in [0.15, 0.2) is 18.2 Å². The maximum absolute atomic E-state index is 9.93. The van der Waals surface area contributed by atoms with Gasteiger partial charge in [0.05, 0.1) is 12.7 Å². The van der Waals surface area contributed by atoms with Gasteiger partial charge in [0, 0.05) is 19.5 Å². The Kier molecular flexibility index (Phi) is 2.54. The number of aliphatic hydroxyl groups is 1. The molecule has 15 heavy (non-hydrogen) atoms. The highest BCUT2D eigenvalue weighted by atomic mass is 16.5. The summed E-state index contributed by atoms with van der Waals surface area (Å²) in [5.74, 6) is 0.573. The van der Waals surface area contributed by atoms with E-state index in [4.69, 9.17) is 4.74 Å². The number of phenols is 1. The summed E-state index contributed by atoms with van der Waals surface area (Å²) >= 11 is 0. The number of hydrogen-bond acceptors (Lipinski definition) is 4. The Hall–Kier alpha value is -1.26. The minimum atomic E-state index is -0.637. The molecule has 4 nitrogen and oxygen atoms in total. The number of rotatable bonds is 3. The van der Waals surface area contributed by atoms with Crippen molar-refractivity contribution in [1.29, 1.82) is 0 Å². The second kappa shape index (κ2) is 3.72. The zero-order chi connectivity index (χ0) is 10.9. The topological polar surface area (TPSA) is 61.7 Å². The van der Waals surface area contributed by atoms with Crippen molar-refractivity contribution in [3.05, 3.63) is 23.8 Å². The summed E-state index contributed by atoms with van der Waals surface area (Å²) in [7, 11) is 1.51. The molecule has 4 heteroatoms. The Balaban J connectivity index is 2.14. The largest absolute Gasteiger partial charge is 0.504 e. The standard InChI is InChI=1S/C11H15NO3/c1-15-10-4-8(2-3-9(10)13)5-11(14)6-12-7-11/h2-4,12-14H,5-7H2,1H3. The summed E-state index contributed by atoms with van der Waals surface area (Å²) in [6.45, 7) is 1.24. The van der Waals surface area contributed by atoms with Gasteiger partial charge < -0.3 is 20.3 Å². The zero-order valence-corrected chi connectivity index (χ0v) is 8.66. The van der Waals surface area contributed by atoms with E-state index in [2.05, 4.69) is 5.32 Å². The van der Waals surface area contributed by atoms with Crippen LogP contribution in [0.2, 0.25) is 0 Å². The molecule has 3 N–H and O–H groups in total. The lowest BCUT2D eigenvalue weighted by atomic mass is 9.89. The summed E-state index contributed by atoms with van der Waals surface area (Å²) in [6.07, 6.45) is 0.580. The van der Waals surface area contributed by atoms with Gasteiger partial charge in [-0.15, -0.1) is 0 Å². The molecule has 0 amide bonds. The van der Waals surface area contributed by atoms with Crippen LogP contribution in [0.5, 0.6) is 11.5 Å². The van der Waals surface area contributed by atoms with Gasteiger partial charge in [-0.1, -0.05) is 6.07 Å². The molecule has 2 rings (SSSR count). The van der Waals surface area contributed by atoms with Crippen molar-refractivity contribution >= 4 is 0 Å². The summed E-state index contributed by atoms with van der Waals surface area (Å²) in [4.78, 5) is 0. The molecule has 1 aliphatic heterocycles. The number of nitrogens with one attached hydrogen (secondary N) is 1. The SMILES string of the molecule is COc1cc(CC2(O)CNC2)ccc1O. The number of ether oxygens (including phenoxy) is 1. The number of hydrogen-bond donors (Lipinski definition) is 3. The van der Waals surface area contributed by atoms with E-state index in [1.807, 2.05) is 0 Å². The molecule has 1 heterocycles. The Morgan fingerprint density at radius 2 is 2.20 bits per heavy atom. The van der Waals surface area contributed by atoms with Gasteiger partial charge in [-0.25, -0.2) is 0 Å².